The number of nitrogens with zero attached hydrogens (tertiary/aromatic N) is 2. The highest BCUT2D eigenvalue weighted by atomic mass is 16.6. The number of methoxy groups -OCH3 is 1. The van der Waals surface area contributed by atoms with E-state index in [0.717, 1.165) is 16.5 Å². The van der Waals surface area contributed by atoms with Gasteiger partial charge in [-0.1, -0.05) is 36.4 Å². The van der Waals surface area contributed by atoms with Gasteiger partial charge in [0.2, 0.25) is 0 Å². The first-order chi connectivity index (χ1) is 12.8. The Labute approximate surface area is 159 Å². The largest absolute Gasteiger partial charge is 0.467 e. The molecule has 1 atom stereocenters. The molecular weight excluding hydrogens is 344 g/mol. The van der Waals surface area contributed by atoms with Crippen molar-refractivity contribution in [2.75, 3.05) is 31.6 Å². The van der Waals surface area contributed by atoms with Crippen LogP contribution in [-0.2, 0) is 14.3 Å². The number of fused-ring (bicyclic) bond motifs is 1. The van der Waals surface area contributed by atoms with Crippen LogP contribution in [0.15, 0.2) is 42.5 Å². The Hall–Kier alpha value is -2.76. The summed E-state index contributed by atoms with van der Waals surface area (Å²) in [5.41, 5.74) is 0.427. The van der Waals surface area contributed by atoms with E-state index in [1.165, 1.54) is 12.0 Å². The highest BCUT2D eigenvalue weighted by Gasteiger charge is 2.38. The molecule has 0 aliphatic carbocycles. The molecule has 1 aliphatic heterocycles. The van der Waals surface area contributed by atoms with E-state index in [0.29, 0.717) is 19.6 Å². The van der Waals surface area contributed by atoms with Crippen LogP contribution in [0.5, 0.6) is 0 Å². The van der Waals surface area contributed by atoms with Gasteiger partial charge in [-0.2, -0.15) is 0 Å². The second kappa shape index (κ2) is 7.47. The van der Waals surface area contributed by atoms with E-state index >= 15 is 0 Å². The van der Waals surface area contributed by atoms with Crippen LogP contribution in [0.4, 0.5) is 10.5 Å². The predicted molar refractivity (Wildman–Crippen MR) is 105 cm³/mol. The van der Waals surface area contributed by atoms with Crippen LogP contribution in [0.2, 0.25) is 0 Å². The van der Waals surface area contributed by atoms with E-state index in [1.807, 2.05) is 45.0 Å². The van der Waals surface area contributed by atoms with E-state index in [-0.39, 0.29) is 0 Å². The lowest BCUT2D eigenvalue weighted by molar-refractivity contribution is -0.147. The zero-order valence-electron chi connectivity index (χ0n) is 16.3. The van der Waals surface area contributed by atoms with Crippen LogP contribution in [0.25, 0.3) is 10.8 Å². The molecule has 1 saturated heterocycles. The molecule has 2 aromatic carbocycles. The van der Waals surface area contributed by atoms with Crippen LogP contribution < -0.4 is 4.90 Å². The number of piperazine rings is 1. The van der Waals surface area contributed by atoms with E-state index < -0.39 is 23.7 Å². The molecule has 0 N–H and O–H groups in total. The van der Waals surface area contributed by atoms with Crippen molar-refractivity contribution >= 4 is 28.5 Å². The van der Waals surface area contributed by atoms with Crippen molar-refractivity contribution in [3.63, 3.8) is 0 Å². The molecule has 2 aromatic rings. The maximum absolute atomic E-state index is 12.6. The van der Waals surface area contributed by atoms with Gasteiger partial charge in [0.05, 0.1) is 7.11 Å². The van der Waals surface area contributed by atoms with Gasteiger partial charge in [-0.15, -0.1) is 0 Å². The van der Waals surface area contributed by atoms with Crippen molar-refractivity contribution in [3.8, 4) is 0 Å². The van der Waals surface area contributed by atoms with Gasteiger partial charge in [-0.05, 0) is 32.2 Å². The van der Waals surface area contributed by atoms with E-state index in [1.54, 1.807) is 0 Å². The summed E-state index contributed by atoms with van der Waals surface area (Å²) in [7, 11) is 1.34. The lowest BCUT2D eigenvalue weighted by Gasteiger charge is -2.41. The van der Waals surface area contributed by atoms with Crippen LogP contribution in [0.1, 0.15) is 20.8 Å². The van der Waals surface area contributed by atoms with Crippen LogP contribution in [0.3, 0.4) is 0 Å². The molecule has 1 fully saturated rings. The average molecular weight is 370 g/mol. The van der Waals surface area contributed by atoms with Crippen LogP contribution in [-0.4, -0.2) is 55.3 Å². The van der Waals surface area contributed by atoms with Crippen molar-refractivity contribution in [1.82, 2.24) is 4.90 Å². The van der Waals surface area contributed by atoms with E-state index in [4.69, 9.17) is 9.47 Å². The topological polar surface area (TPSA) is 59.1 Å². The Balaban J connectivity index is 1.88. The molecule has 0 aromatic heterocycles. The molecule has 27 heavy (non-hydrogen) atoms. The number of amides is 1. The maximum Gasteiger partial charge on any atom is 0.411 e. The first-order valence-corrected chi connectivity index (χ1v) is 9.10. The molecule has 0 spiro atoms. The van der Waals surface area contributed by atoms with Crippen LogP contribution in [0, 0.1) is 0 Å². The maximum atomic E-state index is 12.6. The number of hydrogen-bond acceptors (Lipinski definition) is 5. The quantitative estimate of drug-likeness (QED) is 0.758. The van der Waals surface area contributed by atoms with Gasteiger partial charge in [-0.3, -0.25) is 4.90 Å². The summed E-state index contributed by atoms with van der Waals surface area (Å²) in [5, 5.41) is 2.26. The van der Waals surface area contributed by atoms with Gasteiger partial charge in [-0.25, -0.2) is 9.59 Å². The van der Waals surface area contributed by atoms with Gasteiger partial charge in [0.1, 0.15) is 5.60 Å². The number of anilines is 1. The number of ether oxygens (including phenoxy) is 2. The lowest BCUT2D eigenvalue weighted by Crippen LogP contribution is -2.59. The average Bonchev–Trinajstić information content (AvgIpc) is 2.65. The molecule has 6 nitrogen and oxygen atoms in total. The SMILES string of the molecule is COC(=O)[C@H]1CN(c2cccc3ccccc23)CCN1C(=O)OC(C)(C)C. The number of benzene rings is 2. The highest BCUT2D eigenvalue weighted by Crippen LogP contribution is 2.29. The Kier molecular flexibility index (Phi) is 5.26. The molecule has 1 heterocycles. The van der Waals surface area contributed by atoms with Crippen molar-refractivity contribution < 1.29 is 19.1 Å². The third-order valence-corrected chi connectivity index (χ3v) is 4.59. The molecular formula is C21H26N2O4. The van der Waals surface area contributed by atoms with Crippen molar-refractivity contribution in [3.05, 3.63) is 42.5 Å². The Morgan fingerprint density at radius 3 is 2.44 bits per heavy atom. The Morgan fingerprint density at radius 1 is 1.04 bits per heavy atom. The molecule has 0 unspecified atom stereocenters. The summed E-state index contributed by atoms with van der Waals surface area (Å²) >= 11 is 0. The molecule has 1 amide bonds. The summed E-state index contributed by atoms with van der Waals surface area (Å²) in [6, 6.07) is 13.5. The fraction of sp³-hybridized carbons (Fsp3) is 0.429. The smallest absolute Gasteiger partial charge is 0.411 e. The number of rotatable bonds is 2. The zero-order valence-corrected chi connectivity index (χ0v) is 16.3. The van der Waals surface area contributed by atoms with Gasteiger partial charge in [0.25, 0.3) is 0 Å². The van der Waals surface area contributed by atoms with Gasteiger partial charge >= 0.3 is 12.1 Å². The summed E-state index contributed by atoms with van der Waals surface area (Å²) in [5.74, 6) is -0.439. The molecule has 6 heteroatoms. The summed E-state index contributed by atoms with van der Waals surface area (Å²) in [6.07, 6.45) is -0.490. The molecule has 3 rings (SSSR count). The third kappa shape index (κ3) is 4.15. The third-order valence-electron chi connectivity index (χ3n) is 4.59. The minimum absolute atomic E-state index is 0.361. The highest BCUT2D eigenvalue weighted by molar-refractivity contribution is 5.95. The van der Waals surface area contributed by atoms with Gasteiger partial charge < -0.3 is 14.4 Å². The fourth-order valence-electron chi connectivity index (χ4n) is 3.36. The number of carbonyl (C=O) groups excluding carboxylic acids is 2. The molecule has 144 valence electrons. The summed E-state index contributed by atoms with van der Waals surface area (Å²) in [4.78, 5) is 28.6. The molecule has 1 aliphatic rings. The van der Waals surface area contributed by atoms with Crippen LogP contribution >= 0.6 is 0 Å². The van der Waals surface area contributed by atoms with Crippen molar-refractivity contribution in [1.29, 1.82) is 0 Å². The minimum atomic E-state index is -0.711. The second-order valence-corrected chi connectivity index (χ2v) is 7.66. The fourth-order valence-corrected chi connectivity index (χ4v) is 3.36. The van der Waals surface area contributed by atoms with Crippen molar-refractivity contribution in [2.45, 2.75) is 32.4 Å². The normalized spacial score (nSPS) is 17.7. The Morgan fingerprint density at radius 2 is 1.74 bits per heavy atom. The first kappa shape index (κ1) is 19.0. The van der Waals surface area contributed by atoms with Crippen molar-refractivity contribution in [2.24, 2.45) is 0 Å². The van der Waals surface area contributed by atoms with E-state index in [9.17, 15) is 9.59 Å². The second-order valence-electron chi connectivity index (χ2n) is 7.66. The number of hydrogen-bond donors (Lipinski definition) is 0. The van der Waals surface area contributed by atoms with Gasteiger partial charge in [0.15, 0.2) is 6.04 Å². The zero-order chi connectivity index (χ0) is 19.6. The lowest BCUT2D eigenvalue weighted by atomic mass is 10.1. The van der Waals surface area contributed by atoms with Gasteiger partial charge in [0, 0.05) is 30.7 Å². The standard InChI is InChI=1S/C21H26N2O4/c1-21(2,3)27-20(25)23-13-12-22(14-18(23)19(24)26-4)17-11-7-9-15-8-5-6-10-16(15)17/h5-11,18H,12-14H2,1-4H3/t18-/m1/s1. The van der Waals surface area contributed by atoms with E-state index in [2.05, 4.69) is 23.1 Å². The predicted octanol–water partition coefficient (Wildman–Crippen LogP) is 3.44. The molecule has 0 bridgehead atoms. The number of esters is 1. The summed E-state index contributed by atoms with van der Waals surface area (Å²) in [6.45, 7) is 6.79. The number of carbonyl (C=O) groups is 2. The monoisotopic (exact) mass is 370 g/mol. The molecule has 0 saturated carbocycles. The Bertz CT molecular complexity index is 838. The summed E-state index contributed by atoms with van der Waals surface area (Å²) < 4.78 is 10.4. The molecule has 0 radical (unpaired) electrons. The minimum Gasteiger partial charge on any atom is -0.467 e. The first-order valence-electron chi connectivity index (χ1n) is 9.10.